The molecule has 4 nitrogen and oxygen atoms in total. The molecule has 0 aliphatic heterocycles. The van der Waals surface area contributed by atoms with E-state index < -0.39 is 41.9 Å². The van der Waals surface area contributed by atoms with Crippen LogP contribution >= 0.6 is 0 Å². The van der Waals surface area contributed by atoms with E-state index in [0.717, 1.165) is 24.3 Å². The average molecular weight is 352 g/mol. The zero-order chi connectivity index (χ0) is 18.6. The molecule has 0 saturated carbocycles. The van der Waals surface area contributed by atoms with Crippen LogP contribution in [0.25, 0.3) is 0 Å². The number of aliphatic carboxylic acids is 2. The van der Waals surface area contributed by atoms with Crippen LogP contribution in [0.4, 0.5) is 13.2 Å². The lowest BCUT2D eigenvalue weighted by molar-refractivity contribution is -0.141. The molecule has 0 spiro atoms. The van der Waals surface area contributed by atoms with Gasteiger partial charge in [-0.3, -0.25) is 9.59 Å². The van der Waals surface area contributed by atoms with Gasteiger partial charge < -0.3 is 10.2 Å². The summed E-state index contributed by atoms with van der Waals surface area (Å²) in [5.74, 6) is -4.65. The number of halogens is 3. The number of carbonyl (C=O) groups is 2. The standard InChI is InChI=1S/C18H15F3O4/c19-18(20,21)13-8-6-11(7-9-13)14(10-15(22)23)16(17(24)25)12-4-2-1-3-5-12/h1-9,14,16H,10H2,(H,22,23)(H,24,25). The van der Waals surface area contributed by atoms with E-state index in [2.05, 4.69) is 0 Å². The Bertz CT molecular complexity index is 739. The molecule has 132 valence electrons. The van der Waals surface area contributed by atoms with E-state index >= 15 is 0 Å². The minimum atomic E-state index is -4.52. The van der Waals surface area contributed by atoms with Crippen molar-refractivity contribution in [3.05, 3.63) is 71.3 Å². The summed E-state index contributed by atoms with van der Waals surface area (Å²) in [5, 5.41) is 18.7. The van der Waals surface area contributed by atoms with E-state index in [-0.39, 0.29) is 5.56 Å². The third-order valence-corrected chi connectivity index (χ3v) is 3.89. The lowest BCUT2D eigenvalue weighted by Crippen LogP contribution is -2.22. The molecule has 2 atom stereocenters. The molecule has 0 aliphatic rings. The number of hydrogen-bond donors (Lipinski definition) is 2. The third kappa shape index (κ3) is 4.59. The first-order chi connectivity index (χ1) is 11.7. The molecule has 0 heterocycles. The smallest absolute Gasteiger partial charge is 0.416 e. The predicted octanol–water partition coefficient (Wildman–Crippen LogP) is 4.13. The molecule has 0 radical (unpaired) electrons. The van der Waals surface area contributed by atoms with E-state index in [9.17, 15) is 27.9 Å². The zero-order valence-electron chi connectivity index (χ0n) is 12.9. The van der Waals surface area contributed by atoms with Crippen molar-refractivity contribution in [3.63, 3.8) is 0 Å². The topological polar surface area (TPSA) is 74.6 Å². The molecule has 2 N–H and O–H groups in total. The largest absolute Gasteiger partial charge is 0.481 e. The summed E-state index contributed by atoms with van der Waals surface area (Å²) in [4.78, 5) is 22.9. The van der Waals surface area contributed by atoms with Crippen LogP contribution in [-0.2, 0) is 15.8 Å². The Morgan fingerprint density at radius 2 is 1.44 bits per heavy atom. The van der Waals surface area contributed by atoms with E-state index in [1.165, 1.54) is 0 Å². The number of benzene rings is 2. The maximum atomic E-state index is 12.7. The summed E-state index contributed by atoms with van der Waals surface area (Å²) in [7, 11) is 0. The second-order valence-corrected chi connectivity index (χ2v) is 5.55. The SMILES string of the molecule is O=C(O)CC(c1ccc(C(F)(F)F)cc1)C(C(=O)O)c1ccccc1. The maximum absolute atomic E-state index is 12.7. The summed E-state index contributed by atoms with van der Waals surface area (Å²) in [5.41, 5.74) is -0.260. The Kier molecular flexibility index (Phi) is 5.46. The van der Waals surface area contributed by atoms with Crippen LogP contribution < -0.4 is 0 Å². The lowest BCUT2D eigenvalue weighted by atomic mass is 9.79. The molecule has 0 saturated heterocycles. The van der Waals surface area contributed by atoms with Crippen molar-refractivity contribution in [2.45, 2.75) is 24.4 Å². The van der Waals surface area contributed by atoms with Crippen LogP contribution in [0.2, 0.25) is 0 Å². The van der Waals surface area contributed by atoms with Gasteiger partial charge in [-0.1, -0.05) is 42.5 Å². The molecule has 7 heteroatoms. The second-order valence-electron chi connectivity index (χ2n) is 5.55. The first kappa shape index (κ1) is 18.5. The minimum Gasteiger partial charge on any atom is -0.481 e. The summed E-state index contributed by atoms with van der Waals surface area (Å²) < 4.78 is 38.1. The summed E-state index contributed by atoms with van der Waals surface area (Å²) >= 11 is 0. The molecule has 0 aromatic heterocycles. The molecule has 0 amide bonds. The van der Waals surface area contributed by atoms with Gasteiger partial charge >= 0.3 is 18.1 Å². The van der Waals surface area contributed by atoms with Crippen LogP contribution in [-0.4, -0.2) is 22.2 Å². The number of carboxylic acid groups (broad SMARTS) is 2. The van der Waals surface area contributed by atoms with Crippen LogP contribution in [0.1, 0.15) is 34.9 Å². The molecule has 2 unspecified atom stereocenters. The minimum absolute atomic E-state index is 0.228. The Morgan fingerprint density at radius 3 is 1.88 bits per heavy atom. The highest BCUT2D eigenvalue weighted by Gasteiger charge is 2.34. The van der Waals surface area contributed by atoms with Crippen molar-refractivity contribution in [1.29, 1.82) is 0 Å². The van der Waals surface area contributed by atoms with Gasteiger partial charge in [-0.15, -0.1) is 0 Å². The summed E-state index contributed by atoms with van der Waals surface area (Å²) in [6.07, 6.45) is -5.04. The molecule has 2 aromatic carbocycles. The van der Waals surface area contributed by atoms with Gasteiger partial charge in [0.25, 0.3) is 0 Å². The first-order valence-corrected chi connectivity index (χ1v) is 7.37. The Hall–Kier alpha value is -2.83. The molecular weight excluding hydrogens is 337 g/mol. The number of alkyl halides is 3. The maximum Gasteiger partial charge on any atom is 0.416 e. The van der Waals surface area contributed by atoms with Gasteiger partial charge in [0.15, 0.2) is 0 Å². The van der Waals surface area contributed by atoms with Crippen LogP contribution in [0, 0.1) is 0 Å². The van der Waals surface area contributed by atoms with Gasteiger partial charge in [0, 0.05) is 5.92 Å². The van der Waals surface area contributed by atoms with Crippen molar-refractivity contribution < 1.29 is 33.0 Å². The number of hydrogen-bond acceptors (Lipinski definition) is 2. The van der Waals surface area contributed by atoms with Gasteiger partial charge in [-0.05, 0) is 23.3 Å². The monoisotopic (exact) mass is 352 g/mol. The Labute approximate surface area is 141 Å². The molecule has 25 heavy (non-hydrogen) atoms. The van der Waals surface area contributed by atoms with Crippen molar-refractivity contribution in [2.24, 2.45) is 0 Å². The van der Waals surface area contributed by atoms with E-state index in [1.54, 1.807) is 30.3 Å². The highest BCUT2D eigenvalue weighted by atomic mass is 19.4. The van der Waals surface area contributed by atoms with Gasteiger partial charge in [-0.25, -0.2) is 0 Å². The van der Waals surface area contributed by atoms with Crippen molar-refractivity contribution in [3.8, 4) is 0 Å². The van der Waals surface area contributed by atoms with Crippen molar-refractivity contribution in [2.75, 3.05) is 0 Å². The Balaban J connectivity index is 2.47. The fourth-order valence-electron chi connectivity index (χ4n) is 2.74. The van der Waals surface area contributed by atoms with E-state index in [4.69, 9.17) is 5.11 Å². The molecule has 2 rings (SSSR count). The Morgan fingerprint density at radius 1 is 0.880 bits per heavy atom. The number of rotatable bonds is 6. The zero-order valence-corrected chi connectivity index (χ0v) is 12.9. The fraction of sp³-hybridized carbons (Fsp3) is 0.222. The average Bonchev–Trinajstić information content (AvgIpc) is 2.54. The fourth-order valence-corrected chi connectivity index (χ4v) is 2.74. The van der Waals surface area contributed by atoms with Crippen molar-refractivity contribution >= 4 is 11.9 Å². The normalized spacial score (nSPS) is 13.9. The highest BCUT2D eigenvalue weighted by molar-refractivity contribution is 5.79. The molecule has 0 fully saturated rings. The highest BCUT2D eigenvalue weighted by Crippen LogP contribution is 2.37. The third-order valence-electron chi connectivity index (χ3n) is 3.89. The molecule has 0 aliphatic carbocycles. The second kappa shape index (κ2) is 7.38. The molecule has 2 aromatic rings. The van der Waals surface area contributed by atoms with Gasteiger partial charge in [0.1, 0.15) is 0 Å². The van der Waals surface area contributed by atoms with Crippen LogP contribution in [0.3, 0.4) is 0 Å². The molecular formula is C18H15F3O4. The van der Waals surface area contributed by atoms with Crippen molar-refractivity contribution in [1.82, 2.24) is 0 Å². The summed E-state index contributed by atoms with van der Waals surface area (Å²) in [6, 6.07) is 12.0. The predicted molar refractivity (Wildman–Crippen MR) is 83.3 cm³/mol. The van der Waals surface area contributed by atoms with Gasteiger partial charge in [0.2, 0.25) is 0 Å². The van der Waals surface area contributed by atoms with Crippen LogP contribution in [0.5, 0.6) is 0 Å². The number of carboxylic acids is 2. The summed E-state index contributed by atoms with van der Waals surface area (Å²) in [6.45, 7) is 0. The van der Waals surface area contributed by atoms with E-state index in [0.29, 0.717) is 5.56 Å². The van der Waals surface area contributed by atoms with E-state index in [1.807, 2.05) is 0 Å². The lowest BCUT2D eigenvalue weighted by Gasteiger charge is -2.24. The molecule has 0 bridgehead atoms. The van der Waals surface area contributed by atoms with Gasteiger partial charge in [-0.2, -0.15) is 13.2 Å². The first-order valence-electron chi connectivity index (χ1n) is 7.37. The quantitative estimate of drug-likeness (QED) is 0.820. The van der Waals surface area contributed by atoms with Crippen LogP contribution in [0.15, 0.2) is 54.6 Å². The van der Waals surface area contributed by atoms with Gasteiger partial charge in [0.05, 0.1) is 17.9 Å².